The van der Waals surface area contributed by atoms with E-state index >= 15 is 0 Å². The second-order valence-electron chi connectivity index (χ2n) is 5.05. The number of halogens is 1. The highest BCUT2D eigenvalue weighted by Crippen LogP contribution is 2.29. The van der Waals surface area contributed by atoms with Crippen molar-refractivity contribution in [2.75, 3.05) is 7.11 Å². The van der Waals surface area contributed by atoms with Crippen LogP contribution in [0.2, 0.25) is 0 Å². The Balaban J connectivity index is 2.03. The maximum absolute atomic E-state index is 12.7. The molecular formula is C19H15BrO2. The minimum Gasteiger partial charge on any atom is -0.496 e. The Kier molecular flexibility index (Phi) is 4.25. The molecule has 3 rings (SSSR count). The number of hydrogen-bond donors (Lipinski definition) is 0. The molecule has 3 aromatic rings. The molecular weight excluding hydrogens is 340 g/mol. The van der Waals surface area contributed by atoms with E-state index in [0.29, 0.717) is 6.42 Å². The first-order valence-corrected chi connectivity index (χ1v) is 7.82. The van der Waals surface area contributed by atoms with Gasteiger partial charge in [-0.2, -0.15) is 0 Å². The van der Waals surface area contributed by atoms with Crippen LogP contribution in [0.3, 0.4) is 0 Å². The molecule has 0 aliphatic heterocycles. The Bertz CT molecular complexity index is 840. The highest BCUT2D eigenvalue weighted by molar-refractivity contribution is 9.10. The van der Waals surface area contributed by atoms with Gasteiger partial charge < -0.3 is 4.74 Å². The largest absolute Gasteiger partial charge is 0.496 e. The Morgan fingerprint density at radius 1 is 0.955 bits per heavy atom. The molecule has 0 radical (unpaired) electrons. The summed E-state index contributed by atoms with van der Waals surface area (Å²) in [6.07, 6.45) is 0.373. The molecule has 0 aromatic heterocycles. The molecule has 0 saturated carbocycles. The van der Waals surface area contributed by atoms with Gasteiger partial charge in [-0.05, 0) is 29.1 Å². The molecule has 0 N–H and O–H groups in total. The Hall–Kier alpha value is -2.13. The van der Waals surface area contributed by atoms with E-state index in [0.717, 1.165) is 32.1 Å². The standard InChI is InChI=1S/C19H15BrO2/c1-22-19-11-10-15(14-7-3-4-8-16(14)19)18(21)12-13-6-2-5-9-17(13)20/h2-11H,12H2,1H3. The van der Waals surface area contributed by atoms with Crippen molar-refractivity contribution < 1.29 is 9.53 Å². The molecule has 0 saturated heterocycles. The van der Waals surface area contributed by atoms with E-state index in [1.165, 1.54) is 0 Å². The highest BCUT2D eigenvalue weighted by atomic mass is 79.9. The fourth-order valence-electron chi connectivity index (χ4n) is 2.60. The molecule has 0 amide bonds. The fourth-order valence-corrected chi connectivity index (χ4v) is 3.03. The van der Waals surface area contributed by atoms with Crippen molar-refractivity contribution in [1.82, 2.24) is 0 Å². The number of ether oxygens (including phenoxy) is 1. The molecule has 0 atom stereocenters. The average molecular weight is 355 g/mol. The van der Waals surface area contributed by atoms with Gasteiger partial charge in [0.15, 0.2) is 5.78 Å². The van der Waals surface area contributed by atoms with Gasteiger partial charge in [-0.3, -0.25) is 4.79 Å². The lowest BCUT2D eigenvalue weighted by Gasteiger charge is -2.10. The summed E-state index contributed by atoms with van der Waals surface area (Å²) in [4.78, 5) is 12.7. The lowest BCUT2D eigenvalue weighted by molar-refractivity contribution is 0.0994. The molecule has 0 heterocycles. The van der Waals surface area contributed by atoms with Gasteiger partial charge in [-0.1, -0.05) is 58.4 Å². The number of Topliss-reactive ketones (excluding diaryl/α,β-unsaturated/α-hetero) is 1. The molecule has 0 aliphatic carbocycles. The van der Waals surface area contributed by atoms with Crippen molar-refractivity contribution in [3.8, 4) is 5.75 Å². The van der Waals surface area contributed by atoms with Crippen LogP contribution < -0.4 is 4.74 Å². The zero-order chi connectivity index (χ0) is 15.5. The van der Waals surface area contributed by atoms with Crippen LogP contribution >= 0.6 is 15.9 Å². The number of ketones is 1. The van der Waals surface area contributed by atoms with Crippen molar-refractivity contribution in [1.29, 1.82) is 0 Å². The van der Waals surface area contributed by atoms with E-state index in [-0.39, 0.29) is 5.78 Å². The van der Waals surface area contributed by atoms with E-state index in [4.69, 9.17) is 4.74 Å². The molecule has 0 bridgehead atoms. The van der Waals surface area contributed by atoms with Gasteiger partial charge in [0, 0.05) is 21.8 Å². The highest BCUT2D eigenvalue weighted by Gasteiger charge is 2.14. The van der Waals surface area contributed by atoms with Gasteiger partial charge in [0.1, 0.15) is 5.75 Å². The van der Waals surface area contributed by atoms with Crippen molar-refractivity contribution in [3.63, 3.8) is 0 Å². The van der Waals surface area contributed by atoms with Crippen LogP contribution in [0.25, 0.3) is 10.8 Å². The third kappa shape index (κ3) is 2.77. The van der Waals surface area contributed by atoms with Crippen LogP contribution in [0.4, 0.5) is 0 Å². The second-order valence-corrected chi connectivity index (χ2v) is 5.91. The van der Waals surface area contributed by atoms with E-state index in [9.17, 15) is 4.79 Å². The summed E-state index contributed by atoms with van der Waals surface area (Å²) < 4.78 is 6.34. The number of hydrogen-bond acceptors (Lipinski definition) is 2. The monoisotopic (exact) mass is 354 g/mol. The number of methoxy groups -OCH3 is 1. The Morgan fingerprint density at radius 2 is 1.64 bits per heavy atom. The van der Waals surface area contributed by atoms with Gasteiger partial charge >= 0.3 is 0 Å². The Morgan fingerprint density at radius 3 is 2.36 bits per heavy atom. The van der Waals surface area contributed by atoms with Crippen LogP contribution in [0.1, 0.15) is 15.9 Å². The summed E-state index contributed by atoms with van der Waals surface area (Å²) in [5, 5.41) is 1.89. The zero-order valence-corrected chi connectivity index (χ0v) is 13.8. The van der Waals surface area contributed by atoms with Crippen LogP contribution in [-0.2, 0) is 6.42 Å². The summed E-state index contributed by atoms with van der Waals surface area (Å²) in [6.45, 7) is 0. The van der Waals surface area contributed by atoms with Gasteiger partial charge in [0.05, 0.1) is 7.11 Å². The number of carbonyl (C=O) groups excluding carboxylic acids is 1. The first kappa shape index (κ1) is 14.8. The van der Waals surface area contributed by atoms with Crippen LogP contribution in [0.15, 0.2) is 65.1 Å². The molecule has 3 aromatic carbocycles. The van der Waals surface area contributed by atoms with Gasteiger partial charge in [0.25, 0.3) is 0 Å². The van der Waals surface area contributed by atoms with Gasteiger partial charge in [-0.15, -0.1) is 0 Å². The first-order valence-electron chi connectivity index (χ1n) is 7.03. The van der Waals surface area contributed by atoms with Crippen LogP contribution in [-0.4, -0.2) is 12.9 Å². The number of fused-ring (bicyclic) bond motifs is 1. The molecule has 0 spiro atoms. The zero-order valence-electron chi connectivity index (χ0n) is 12.2. The first-order chi connectivity index (χ1) is 10.7. The third-order valence-electron chi connectivity index (χ3n) is 3.71. The average Bonchev–Trinajstić information content (AvgIpc) is 2.56. The molecule has 22 heavy (non-hydrogen) atoms. The lowest BCUT2D eigenvalue weighted by atomic mass is 9.97. The third-order valence-corrected chi connectivity index (χ3v) is 4.49. The smallest absolute Gasteiger partial charge is 0.167 e. The fraction of sp³-hybridized carbons (Fsp3) is 0.105. The maximum atomic E-state index is 12.7. The second kappa shape index (κ2) is 6.32. The molecule has 2 nitrogen and oxygen atoms in total. The van der Waals surface area contributed by atoms with Crippen molar-refractivity contribution in [3.05, 3.63) is 76.3 Å². The molecule has 0 aliphatic rings. The SMILES string of the molecule is COc1ccc(C(=O)Cc2ccccc2Br)c2ccccc12. The van der Waals surface area contributed by atoms with E-state index in [1.807, 2.05) is 60.7 Å². The molecule has 3 heteroatoms. The van der Waals surface area contributed by atoms with Crippen molar-refractivity contribution >= 4 is 32.5 Å². The van der Waals surface area contributed by atoms with E-state index in [2.05, 4.69) is 15.9 Å². The molecule has 110 valence electrons. The predicted octanol–water partition coefficient (Wildman–Crippen LogP) is 5.04. The topological polar surface area (TPSA) is 26.3 Å². The summed E-state index contributed by atoms with van der Waals surface area (Å²) in [5.41, 5.74) is 1.72. The summed E-state index contributed by atoms with van der Waals surface area (Å²) in [7, 11) is 1.64. The van der Waals surface area contributed by atoms with E-state index < -0.39 is 0 Å². The molecule has 0 unspecified atom stereocenters. The van der Waals surface area contributed by atoms with Crippen molar-refractivity contribution in [2.24, 2.45) is 0 Å². The number of carbonyl (C=O) groups is 1. The minimum absolute atomic E-state index is 0.103. The molecule has 0 fully saturated rings. The summed E-state index contributed by atoms with van der Waals surface area (Å²) in [5.74, 6) is 0.888. The minimum atomic E-state index is 0.103. The maximum Gasteiger partial charge on any atom is 0.167 e. The normalized spacial score (nSPS) is 10.6. The number of benzene rings is 3. The quantitative estimate of drug-likeness (QED) is 0.613. The van der Waals surface area contributed by atoms with Crippen LogP contribution in [0, 0.1) is 0 Å². The number of rotatable bonds is 4. The van der Waals surface area contributed by atoms with Gasteiger partial charge in [0.2, 0.25) is 0 Å². The van der Waals surface area contributed by atoms with E-state index in [1.54, 1.807) is 7.11 Å². The predicted molar refractivity (Wildman–Crippen MR) is 92.7 cm³/mol. The Labute approximate surface area is 137 Å². The summed E-state index contributed by atoms with van der Waals surface area (Å²) in [6, 6.07) is 19.3. The van der Waals surface area contributed by atoms with Crippen molar-refractivity contribution in [2.45, 2.75) is 6.42 Å². The summed E-state index contributed by atoms with van der Waals surface area (Å²) >= 11 is 3.50. The van der Waals surface area contributed by atoms with Gasteiger partial charge in [-0.25, -0.2) is 0 Å². The lowest BCUT2D eigenvalue weighted by Crippen LogP contribution is -2.05. The van der Waals surface area contributed by atoms with Crippen LogP contribution in [0.5, 0.6) is 5.75 Å².